The van der Waals surface area contributed by atoms with Crippen LogP contribution in [-0.4, -0.2) is 33.8 Å². The minimum atomic E-state index is 0. The average Bonchev–Trinajstić information content (AvgIpc) is 3.11. The lowest BCUT2D eigenvalue weighted by molar-refractivity contribution is 0.354. The summed E-state index contributed by atoms with van der Waals surface area (Å²) in [5.74, 6) is 2.30. The molecule has 1 aromatic heterocycles. The summed E-state index contributed by atoms with van der Waals surface area (Å²) in [4.78, 5) is 4.23. The van der Waals surface area contributed by atoms with Crippen LogP contribution in [-0.2, 0) is 13.0 Å². The molecule has 0 radical (unpaired) electrons. The van der Waals surface area contributed by atoms with Crippen molar-refractivity contribution in [2.24, 2.45) is 4.99 Å². The SMILES string of the molecule is CN=C(NCCc1ccc(OC)c(OC)c1)NCc1ccsc1.I. The summed E-state index contributed by atoms with van der Waals surface area (Å²) >= 11 is 1.70. The number of rotatable bonds is 7. The van der Waals surface area contributed by atoms with Gasteiger partial charge in [0.1, 0.15) is 0 Å². The summed E-state index contributed by atoms with van der Waals surface area (Å²) in [7, 11) is 5.07. The van der Waals surface area contributed by atoms with Crippen molar-refractivity contribution in [3.63, 3.8) is 0 Å². The standard InChI is InChI=1S/C17H23N3O2S.HI/c1-18-17(20-11-14-7-9-23-12-14)19-8-6-13-4-5-15(21-2)16(10-13)22-3;/h4-5,7,9-10,12H,6,8,11H2,1-3H3,(H2,18,19,20);1H. The number of aliphatic imine (C=N–C) groups is 1. The number of ether oxygens (including phenoxy) is 2. The normalized spacial score (nSPS) is 10.7. The van der Waals surface area contributed by atoms with Crippen molar-refractivity contribution in [2.45, 2.75) is 13.0 Å². The minimum absolute atomic E-state index is 0. The fourth-order valence-corrected chi connectivity index (χ4v) is 2.83. The highest BCUT2D eigenvalue weighted by molar-refractivity contribution is 14.0. The van der Waals surface area contributed by atoms with Crippen molar-refractivity contribution >= 4 is 41.3 Å². The Balaban J connectivity index is 0.00000288. The highest BCUT2D eigenvalue weighted by Crippen LogP contribution is 2.27. The number of hydrogen-bond acceptors (Lipinski definition) is 4. The van der Waals surface area contributed by atoms with Crippen LogP contribution in [0.15, 0.2) is 40.0 Å². The molecule has 2 rings (SSSR count). The Hall–Kier alpha value is -1.48. The molecule has 0 fully saturated rings. The maximum atomic E-state index is 5.32. The van der Waals surface area contributed by atoms with E-state index in [-0.39, 0.29) is 24.0 Å². The van der Waals surface area contributed by atoms with Gasteiger partial charge in [-0.1, -0.05) is 6.07 Å². The minimum Gasteiger partial charge on any atom is -0.493 e. The van der Waals surface area contributed by atoms with E-state index >= 15 is 0 Å². The number of methoxy groups -OCH3 is 2. The highest BCUT2D eigenvalue weighted by Gasteiger charge is 2.05. The van der Waals surface area contributed by atoms with Gasteiger partial charge in [-0.15, -0.1) is 24.0 Å². The van der Waals surface area contributed by atoms with Gasteiger partial charge in [-0.3, -0.25) is 4.99 Å². The Labute approximate surface area is 164 Å². The van der Waals surface area contributed by atoms with Gasteiger partial charge in [0.05, 0.1) is 14.2 Å². The van der Waals surface area contributed by atoms with Gasteiger partial charge >= 0.3 is 0 Å². The van der Waals surface area contributed by atoms with E-state index in [1.54, 1.807) is 32.6 Å². The summed E-state index contributed by atoms with van der Waals surface area (Å²) in [5.41, 5.74) is 2.45. The quantitative estimate of drug-likeness (QED) is 0.378. The summed E-state index contributed by atoms with van der Waals surface area (Å²) in [6.45, 7) is 1.57. The van der Waals surface area contributed by atoms with Crippen molar-refractivity contribution in [2.75, 3.05) is 27.8 Å². The lowest BCUT2D eigenvalue weighted by atomic mass is 10.1. The number of hydrogen-bond donors (Lipinski definition) is 2. The molecule has 132 valence electrons. The first-order chi connectivity index (χ1) is 11.3. The van der Waals surface area contributed by atoms with Crippen LogP contribution in [0.25, 0.3) is 0 Å². The summed E-state index contributed by atoms with van der Waals surface area (Å²) in [6.07, 6.45) is 0.875. The van der Waals surface area contributed by atoms with Crippen molar-refractivity contribution in [3.8, 4) is 11.5 Å². The first-order valence-corrected chi connectivity index (χ1v) is 8.37. The molecule has 0 aliphatic rings. The summed E-state index contributed by atoms with van der Waals surface area (Å²) in [5, 5.41) is 10.8. The van der Waals surface area contributed by atoms with E-state index in [0.29, 0.717) is 0 Å². The maximum Gasteiger partial charge on any atom is 0.191 e. The number of thiophene rings is 1. The molecule has 0 aliphatic carbocycles. The second kappa shape index (κ2) is 11.1. The van der Waals surface area contributed by atoms with Crippen molar-refractivity contribution in [1.29, 1.82) is 0 Å². The third-order valence-corrected chi connectivity index (χ3v) is 4.15. The fourth-order valence-electron chi connectivity index (χ4n) is 2.16. The third-order valence-electron chi connectivity index (χ3n) is 3.42. The Kier molecular flexibility index (Phi) is 9.55. The van der Waals surface area contributed by atoms with Crippen LogP contribution in [0.3, 0.4) is 0 Å². The smallest absolute Gasteiger partial charge is 0.191 e. The molecule has 0 unspecified atom stereocenters. The summed E-state index contributed by atoms with van der Waals surface area (Å²) in [6, 6.07) is 8.08. The zero-order chi connectivity index (χ0) is 16.5. The molecule has 0 amide bonds. The van der Waals surface area contributed by atoms with Gasteiger partial charge in [0, 0.05) is 20.1 Å². The molecule has 0 atom stereocenters. The van der Waals surface area contributed by atoms with Crippen LogP contribution < -0.4 is 20.1 Å². The van der Waals surface area contributed by atoms with Gasteiger partial charge in [-0.25, -0.2) is 0 Å². The Morgan fingerprint density at radius 3 is 2.50 bits per heavy atom. The number of nitrogens with zero attached hydrogens (tertiary/aromatic N) is 1. The molecule has 24 heavy (non-hydrogen) atoms. The van der Waals surface area contributed by atoms with Crippen LogP contribution in [0.2, 0.25) is 0 Å². The molecule has 0 saturated carbocycles. The lowest BCUT2D eigenvalue weighted by Gasteiger charge is -2.12. The molecule has 0 aliphatic heterocycles. The molecule has 0 saturated heterocycles. The lowest BCUT2D eigenvalue weighted by Crippen LogP contribution is -2.37. The predicted molar refractivity (Wildman–Crippen MR) is 111 cm³/mol. The molecule has 2 N–H and O–H groups in total. The first kappa shape index (κ1) is 20.6. The van der Waals surface area contributed by atoms with E-state index in [1.807, 2.05) is 18.2 Å². The van der Waals surface area contributed by atoms with Crippen LogP contribution in [0.4, 0.5) is 0 Å². The molecular formula is C17H24IN3O2S. The second-order valence-corrected chi connectivity index (χ2v) is 5.70. The summed E-state index contributed by atoms with van der Waals surface area (Å²) < 4.78 is 10.6. The number of nitrogens with one attached hydrogen (secondary N) is 2. The predicted octanol–water partition coefficient (Wildman–Crippen LogP) is 3.29. The zero-order valence-electron chi connectivity index (χ0n) is 14.2. The fraction of sp³-hybridized carbons (Fsp3) is 0.353. The van der Waals surface area contributed by atoms with Gasteiger partial charge in [0.2, 0.25) is 0 Å². The first-order valence-electron chi connectivity index (χ1n) is 7.43. The van der Waals surface area contributed by atoms with Gasteiger partial charge in [0.25, 0.3) is 0 Å². The Bertz CT molecular complexity index is 633. The van der Waals surface area contributed by atoms with Crippen molar-refractivity contribution < 1.29 is 9.47 Å². The molecule has 7 heteroatoms. The van der Waals surface area contributed by atoms with E-state index in [0.717, 1.165) is 37.0 Å². The second-order valence-electron chi connectivity index (χ2n) is 4.92. The van der Waals surface area contributed by atoms with Crippen molar-refractivity contribution in [3.05, 3.63) is 46.2 Å². The van der Waals surface area contributed by atoms with Gasteiger partial charge in [-0.05, 0) is 46.5 Å². The van der Waals surface area contributed by atoms with Gasteiger partial charge in [0.15, 0.2) is 17.5 Å². The molecule has 1 heterocycles. The molecule has 5 nitrogen and oxygen atoms in total. The Morgan fingerprint density at radius 2 is 1.88 bits per heavy atom. The topological polar surface area (TPSA) is 54.9 Å². The largest absolute Gasteiger partial charge is 0.493 e. The van der Waals surface area contributed by atoms with Crippen molar-refractivity contribution in [1.82, 2.24) is 10.6 Å². The van der Waals surface area contributed by atoms with E-state index in [1.165, 1.54) is 11.1 Å². The monoisotopic (exact) mass is 461 g/mol. The maximum absolute atomic E-state index is 5.32. The highest BCUT2D eigenvalue weighted by atomic mass is 127. The number of benzene rings is 1. The number of guanidine groups is 1. The third kappa shape index (κ3) is 6.20. The van der Waals surface area contributed by atoms with Gasteiger partial charge < -0.3 is 20.1 Å². The van der Waals surface area contributed by atoms with Gasteiger partial charge in [-0.2, -0.15) is 11.3 Å². The average molecular weight is 461 g/mol. The number of halogens is 1. The van der Waals surface area contributed by atoms with Crippen LogP contribution in [0.5, 0.6) is 11.5 Å². The Morgan fingerprint density at radius 1 is 1.08 bits per heavy atom. The van der Waals surface area contributed by atoms with E-state index in [9.17, 15) is 0 Å². The van der Waals surface area contributed by atoms with Crippen LogP contribution >= 0.6 is 35.3 Å². The van der Waals surface area contributed by atoms with Crippen LogP contribution in [0, 0.1) is 0 Å². The van der Waals surface area contributed by atoms with Crippen LogP contribution in [0.1, 0.15) is 11.1 Å². The molecular weight excluding hydrogens is 437 g/mol. The zero-order valence-corrected chi connectivity index (χ0v) is 17.3. The van der Waals surface area contributed by atoms with E-state index < -0.39 is 0 Å². The molecule has 2 aromatic rings. The molecule has 0 spiro atoms. The molecule has 1 aromatic carbocycles. The van der Waals surface area contributed by atoms with E-state index in [4.69, 9.17) is 9.47 Å². The van der Waals surface area contributed by atoms with E-state index in [2.05, 4.69) is 32.5 Å². The molecule has 0 bridgehead atoms.